The van der Waals surface area contributed by atoms with E-state index >= 15 is 0 Å². The van der Waals surface area contributed by atoms with Crippen molar-refractivity contribution in [1.29, 1.82) is 0 Å². The predicted octanol–water partition coefficient (Wildman–Crippen LogP) is 2.64. The number of aromatic nitrogens is 3. The molecule has 0 radical (unpaired) electrons. The number of rotatable bonds is 5. The Kier molecular flexibility index (Phi) is 5.31. The number of thiophene rings is 1. The van der Waals surface area contributed by atoms with E-state index in [9.17, 15) is 4.79 Å². The van der Waals surface area contributed by atoms with Gasteiger partial charge >= 0.3 is 0 Å². The zero-order valence-corrected chi connectivity index (χ0v) is 16.2. The lowest BCUT2D eigenvalue weighted by Gasteiger charge is -2.18. The van der Waals surface area contributed by atoms with Crippen molar-refractivity contribution >= 4 is 17.2 Å². The topological polar surface area (TPSA) is 63.1 Å². The van der Waals surface area contributed by atoms with Crippen LogP contribution in [0.5, 0.6) is 0 Å². The third-order valence-corrected chi connectivity index (χ3v) is 5.80. The second-order valence-corrected chi connectivity index (χ2v) is 8.14. The fraction of sp³-hybridized carbons (Fsp3) is 0.350. The van der Waals surface area contributed by atoms with Gasteiger partial charge in [-0.2, -0.15) is 0 Å². The average Bonchev–Trinajstić information content (AvgIpc) is 3.22. The monoisotopic (exact) mass is 381 g/mol. The zero-order chi connectivity index (χ0) is 18.6. The predicted molar refractivity (Wildman–Crippen MR) is 106 cm³/mol. The Morgan fingerprint density at radius 2 is 1.96 bits per heavy atom. The van der Waals surface area contributed by atoms with Crippen molar-refractivity contribution in [2.45, 2.75) is 33.0 Å². The minimum absolute atomic E-state index is 0.0868. The molecule has 1 amide bonds. The van der Waals surface area contributed by atoms with E-state index in [1.54, 1.807) is 0 Å². The molecule has 0 unspecified atom stereocenters. The number of aryl methyl sites for hydroxylation is 1. The van der Waals surface area contributed by atoms with E-state index < -0.39 is 0 Å². The summed E-state index contributed by atoms with van der Waals surface area (Å²) in [5, 5.41) is 11.6. The van der Waals surface area contributed by atoms with Crippen LogP contribution in [0.2, 0.25) is 0 Å². The molecule has 0 bridgehead atoms. The van der Waals surface area contributed by atoms with Gasteiger partial charge in [-0.25, -0.2) is 0 Å². The molecule has 6 nitrogen and oxygen atoms in total. The second kappa shape index (κ2) is 8.02. The quantitative estimate of drug-likeness (QED) is 0.738. The SMILES string of the molecule is Cc1ccc(CN2CCc3nnc(CNC(=O)c4ccccc4)n3CC2)s1. The van der Waals surface area contributed by atoms with E-state index in [4.69, 9.17) is 0 Å². The van der Waals surface area contributed by atoms with E-state index in [1.807, 2.05) is 41.7 Å². The van der Waals surface area contributed by atoms with Crippen molar-refractivity contribution in [2.24, 2.45) is 0 Å². The molecule has 140 valence electrons. The number of hydrogen-bond acceptors (Lipinski definition) is 5. The van der Waals surface area contributed by atoms with Crippen LogP contribution in [0.15, 0.2) is 42.5 Å². The number of carbonyl (C=O) groups excluding carboxylic acids is 1. The molecular formula is C20H23N5OS. The first-order valence-corrected chi connectivity index (χ1v) is 10.0. The summed E-state index contributed by atoms with van der Waals surface area (Å²) in [5.74, 6) is 1.74. The van der Waals surface area contributed by atoms with Gasteiger partial charge < -0.3 is 9.88 Å². The van der Waals surface area contributed by atoms with Crippen molar-refractivity contribution in [3.8, 4) is 0 Å². The molecule has 4 rings (SSSR count). The Bertz CT molecular complexity index is 918. The van der Waals surface area contributed by atoms with Crippen LogP contribution in [0.4, 0.5) is 0 Å². The highest BCUT2D eigenvalue weighted by Crippen LogP contribution is 2.19. The number of benzene rings is 1. The number of nitrogens with zero attached hydrogens (tertiary/aromatic N) is 4. The maximum absolute atomic E-state index is 12.3. The molecular weight excluding hydrogens is 358 g/mol. The summed E-state index contributed by atoms with van der Waals surface area (Å²) in [5.41, 5.74) is 0.658. The number of fused-ring (bicyclic) bond motifs is 1. The van der Waals surface area contributed by atoms with E-state index in [0.29, 0.717) is 12.1 Å². The Morgan fingerprint density at radius 3 is 2.74 bits per heavy atom. The molecule has 27 heavy (non-hydrogen) atoms. The molecule has 0 fully saturated rings. The highest BCUT2D eigenvalue weighted by atomic mass is 32.1. The number of carbonyl (C=O) groups is 1. The zero-order valence-electron chi connectivity index (χ0n) is 15.4. The van der Waals surface area contributed by atoms with E-state index in [2.05, 4.69) is 44.0 Å². The van der Waals surface area contributed by atoms with Gasteiger partial charge in [0.05, 0.1) is 6.54 Å². The van der Waals surface area contributed by atoms with Crippen LogP contribution >= 0.6 is 11.3 Å². The average molecular weight is 382 g/mol. The second-order valence-electron chi connectivity index (χ2n) is 6.77. The first kappa shape index (κ1) is 17.9. The third-order valence-electron chi connectivity index (χ3n) is 4.81. The van der Waals surface area contributed by atoms with Gasteiger partial charge in [0.15, 0.2) is 5.82 Å². The number of nitrogens with one attached hydrogen (secondary N) is 1. The molecule has 1 aromatic carbocycles. The lowest BCUT2D eigenvalue weighted by atomic mass is 10.2. The van der Waals surface area contributed by atoms with Gasteiger partial charge in [0.2, 0.25) is 0 Å². The maximum Gasteiger partial charge on any atom is 0.251 e. The molecule has 2 aromatic heterocycles. The van der Waals surface area contributed by atoms with Gasteiger partial charge in [-0.3, -0.25) is 9.69 Å². The number of hydrogen-bond donors (Lipinski definition) is 1. The van der Waals surface area contributed by atoms with E-state index in [1.165, 1.54) is 9.75 Å². The molecule has 1 aliphatic rings. The fourth-order valence-corrected chi connectivity index (χ4v) is 4.29. The van der Waals surface area contributed by atoms with Gasteiger partial charge in [-0.05, 0) is 31.2 Å². The Balaban J connectivity index is 1.37. The van der Waals surface area contributed by atoms with Crippen molar-refractivity contribution in [3.63, 3.8) is 0 Å². The maximum atomic E-state index is 12.3. The molecule has 0 saturated heterocycles. The molecule has 1 N–H and O–H groups in total. The summed E-state index contributed by atoms with van der Waals surface area (Å²) < 4.78 is 2.16. The molecule has 0 saturated carbocycles. The van der Waals surface area contributed by atoms with E-state index in [-0.39, 0.29) is 5.91 Å². The van der Waals surface area contributed by atoms with Gasteiger partial charge in [-0.15, -0.1) is 21.5 Å². The number of amides is 1. The van der Waals surface area contributed by atoms with Gasteiger partial charge in [0, 0.05) is 47.9 Å². The summed E-state index contributed by atoms with van der Waals surface area (Å²) in [4.78, 5) is 17.5. The van der Waals surface area contributed by atoms with Crippen molar-refractivity contribution in [3.05, 3.63) is 69.4 Å². The fourth-order valence-electron chi connectivity index (χ4n) is 3.36. The first-order chi connectivity index (χ1) is 13.2. The van der Waals surface area contributed by atoms with Crippen LogP contribution in [-0.2, 0) is 26.1 Å². The van der Waals surface area contributed by atoms with Gasteiger partial charge in [0.25, 0.3) is 5.91 Å². The van der Waals surface area contributed by atoms with Crippen LogP contribution < -0.4 is 5.32 Å². The van der Waals surface area contributed by atoms with Gasteiger partial charge in [0.1, 0.15) is 5.82 Å². The summed E-state index contributed by atoms with van der Waals surface area (Å²) >= 11 is 1.86. The molecule has 0 aliphatic carbocycles. The standard InChI is InChI=1S/C20H23N5OS/c1-15-7-8-17(27-15)14-24-10-9-18-22-23-19(25(18)12-11-24)13-21-20(26)16-5-3-2-4-6-16/h2-8H,9-14H2,1H3,(H,21,26). The van der Waals surface area contributed by atoms with Crippen LogP contribution in [0.3, 0.4) is 0 Å². The lowest BCUT2D eigenvalue weighted by Crippen LogP contribution is -2.27. The molecule has 3 heterocycles. The summed E-state index contributed by atoms with van der Waals surface area (Å²) in [6, 6.07) is 13.6. The summed E-state index contributed by atoms with van der Waals surface area (Å²) in [6.07, 6.45) is 0.879. The largest absolute Gasteiger partial charge is 0.345 e. The normalized spacial score (nSPS) is 14.6. The molecule has 0 atom stereocenters. The van der Waals surface area contributed by atoms with Gasteiger partial charge in [-0.1, -0.05) is 18.2 Å². The lowest BCUT2D eigenvalue weighted by molar-refractivity contribution is 0.0949. The first-order valence-electron chi connectivity index (χ1n) is 9.21. The molecule has 1 aliphatic heterocycles. The third kappa shape index (κ3) is 4.26. The van der Waals surface area contributed by atoms with Crippen LogP contribution in [0.25, 0.3) is 0 Å². The van der Waals surface area contributed by atoms with Crippen molar-refractivity contribution in [1.82, 2.24) is 25.0 Å². The van der Waals surface area contributed by atoms with Crippen LogP contribution in [0, 0.1) is 6.92 Å². The minimum atomic E-state index is -0.0868. The summed E-state index contributed by atoms with van der Waals surface area (Å²) in [6.45, 7) is 6.31. The minimum Gasteiger partial charge on any atom is -0.345 e. The van der Waals surface area contributed by atoms with Crippen molar-refractivity contribution in [2.75, 3.05) is 13.1 Å². The van der Waals surface area contributed by atoms with Crippen molar-refractivity contribution < 1.29 is 4.79 Å². The highest BCUT2D eigenvalue weighted by Gasteiger charge is 2.19. The van der Waals surface area contributed by atoms with Crippen LogP contribution in [-0.4, -0.2) is 38.7 Å². The molecule has 7 heteroatoms. The van der Waals surface area contributed by atoms with E-state index in [0.717, 1.165) is 44.2 Å². The summed E-state index contributed by atoms with van der Waals surface area (Å²) in [7, 11) is 0. The highest BCUT2D eigenvalue weighted by molar-refractivity contribution is 7.11. The van der Waals surface area contributed by atoms with Crippen LogP contribution in [0.1, 0.15) is 31.8 Å². The Labute approximate surface area is 162 Å². The Morgan fingerprint density at radius 1 is 1.11 bits per heavy atom. The smallest absolute Gasteiger partial charge is 0.251 e. The Hall–Kier alpha value is -2.51. The molecule has 0 spiro atoms. The molecule has 3 aromatic rings.